The number of nitrogens with one attached hydrogen (secondary N) is 1. The summed E-state index contributed by atoms with van der Waals surface area (Å²) in [7, 11) is 0. The fourth-order valence-electron chi connectivity index (χ4n) is 5.77. The van der Waals surface area contributed by atoms with Gasteiger partial charge < -0.3 is 5.32 Å². The minimum atomic E-state index is -0.378. The lowest BCUT2D eigenvalue weighted by Crippen LogP contribution is -2.38. The van der Waals surface area contributed by atoms with Gasteiger partial charge in [0, 0.05) is 22.6 Å². The molecule has 1 aliphatic heterocycles. The van der Waals surface area contributed by atoms with Crippen molar-refractivity contribution in [2.45, 2.75) is 77.3 Å². The van der Waals surface area contributed by atoms with Gasteiger partial charge in [0.15, 0.2) is 5.78 Å². The van der Waals surface area contributed by atoms with E-state index in [1.54, 1.807) is 6.20 Å². The first kappa shape index (κ1) is 26.2. The highest BCUT2D eigenvalue weighted by Gasteiger charge is 2.39. The van der Waals surface area contributed by atoms with Gasteiger partial charge in [-0.3, -0.25) is 4.79 Å². The first-order valence-corrected chi connectivity index (χ1v) is 13.8. The third-order valence-corrected chi connectivity index (χ3v) is 8.47. The van der Waals surface area contributed by atoms with E-state index in [1.807, 2.05) is 46.6 Å². The fraction of sp³-hybridized carbons (Fsp3) is 0.387. The lowest BCUT2D eigenvalue weighted by atomic mass is 9.74. The molecule has 0 bridgehead atoms. The molecule has 4 aromatic rings. The third-order valence-electron chi connectivity index (χ3n) is 8.21. The molecule has 0 saturated carbocycles. The Morgan fingerprint density at radius 1 is 1.11 bits per heavy atom. The fourth-order valence-corrected chi connectivity index (χ4v) is 5.90. The number of halogens is 1. The summed E-state index contributed by atoms with van der Waals surface area (Å²) in [5.41, 5.74) is 4.19. The van der Waals surface area contributed by atoms with E-state index in [2.05, 4.69) is 68.4 Å². The number of fused-ring (bicyclic) bond motifs is 1. The highest BCUT2D eigenvalue weighted by atomic mass is 35.5. The summed E-state index contributed by atoms with van der Waals surface area (Å²) < 4.78 is 3.92. The molecular formula is C31H36ClN5O. The molecule has 6 nitrogen and oxygen atoms in total. The second-order valence-corrected chi connectivity index (χ2v) is 11.5. The standard InChI is InChI=1S/C31H36ClN5O/c1-6-31(7-2,28-17-21(3)36(35-28)24-15-13-23(32)14-16-24)19-27(38)25-20-33-37-29(25)34-26(18-30(37,4)5)22-11-9-8-10-12-22/h8-17,20,26,34H,6-7,18-19H2,1-5H3. The Kier molecular flexibility index (Phi) is 6.95. The van der Waals surface area contributed by atoms with Crippen molar-refractivity contribution >= 4 is 23.2 Å². The Bertz CT molecular complexity index is 1430. The molecule has 2 aromatic heterocycles. The van der Waals surface area contributed by atoms with Crippen LogP contribution in [-0.2, 0) is 11.0 Å². The molecule has 0 radical (unpaired) electrons. The van der Waals surface area contributed by atoms with Gasteiger partial charge in [-0.15, -0.1) is 0 Å². The predicted octanol–water partition coefficient (Wildman–Crippen LogP) is 7.65. The highest BCUT2D eigenvalue weighted by molar-refractivity contribution is 6.30. The number of carbonyl (C=O) groups excluding carboxylic acids is 1. The monoisotopic (exact) mass is 529 g/mol. The van der Waals surface area contributed by atoms with Gasteiger partial charge in [-0.05, 0) is 75.9 Å². The number of aryl methyl sites for hydroxylation is 1. The maximum atomic E-state index is 14.0. The van der Waals surface area contributed by atoms with E-state index in [4.69, 9.17) is 16.7 Å². The van der Waals surface area contributed by atoms with Gasteiger partial charge in [-0.25, -0.2) is 9.36 Å². The van der Waals surface area contributed by atoms with E-state index in [9.17, 15) is 4.79 Å². The van der Waals surface area contributed by atoms with Crippen molar-refractivity contribution in [1.29, 1.82) is 0 Å². The Hall–Kier alpha value is -3.38. The van der Waals surface area contributed by atoms with Gasteiger partial charge in [0.1, 0.15) is 5.82 Å². The number of nitrogens with zero attached hydrogens (tertiary/aromatic N) is 4. The second kappa shape index (κ2) is 10.1. The number of benzene rings is 2. The number of Topliss-reactive ketones (excluding diaryl/α,β-unsaturated/α-hetero) is 1. The summed E-state index contributed by atoms with van der Waals surface area (Å²) in [6, 6.07) is 20.3. The van der Waals surface area contributed by atoms with Crippen LogP contribution in [0.25, 0.3) is 5.69 Å². The van der Waals surface area contributed by atoms with Gasteiger partial charge in [0.05, 0.1) is 34.7 Å². The number of aromatic nitrogens is 4. The van der Waals surface area contributed by atoms with Crippen molar-refractivity contribution in [3.63, 3.8) is 0 Å². The Balaban J connectivity index is 1.47. The number of ketones is 1. The van der Waals surface area contributed by atoms with Crippen LogP contribution in [0.3, 0.4) is 0 Å². The van der Waals surface area contributed by atoms with E-state index < -0.39 is 0 Å². The van der Waals surface area contributed by atoms with Gasteiger partial charge in [0.25, 0.3) is 0 Å². The minimum absolute atomic E-state index is 0.0886. The quantitative estimate of drug-likeness (QED) is 0.238. The molecule has 2 aromatic carbocycles. The van der Waals surface area contributed by atoms with Crippen molar-refractivity contribution < 1.29 is 4.79 Å². The average Bonchev–Trinajstić information content (AvgIpc) is 3.53. The van der Waals surface area contributed by atoms with Crippen LogP contribution in [0.15, 0.2) is 66.9 Å². The minimum Gasteiger partial charge on any atom is -0.363 e. The largest absolute Gasteiger partial charge is 0.363 e. The second-order valence-electron chi connectivity index (χ2n) is 11.1. The summed E-state index contributed by atoms with van der Waals surface area (Å²) >= 11 is 6.10. The Labute approximate surface area is 230 Å². The van der Waals surface area contributed by atoms with Gasteiger partial charge in [-0.1, -0.05) is 55.8 Å². The molecule has 198 valence electrons. The average molecular weight is 530 g/mol. The molecule has 7 heteroatoms. The van der Waals surface area contributed by atoms with Crippen LogP contribution in [0.4, 0.5) is 5.82 Å². The third kappa shape index (κ3) is 4.66. The van der Waals surface area contributed by atoms with Crippen LogP contribution in [0.1, 0.15) is 86.7 Å². The lowest BCUT2D eigenvalue weighted by molar-refractivity contribution is 0.0942. The van der Waals surface area contributed by atoms with Crippen LogP contribution in [-0.4, -0.2) is 25.3 Å². The molecule has 1 aliphatic rings. The summed E-state index contributed by atoms with van der Waals surface area (Å²) in [6.07, 6.45) is 4.61. The molecule has 38 heavy (non-hydrogen) atoms. The first-order valence-electron chi connectivity index (χ1n) is 13.4. The summed E-state index contributed by atoms with van der Waals surface area (Å²) in [5.74, 6) is 0.898. The summed E-state index contributed by atoms with van der Waals surface area (Å²) in [6.45, 7) is 10.7. The van der Waals surface area contributed by atoms with Crippen molar-refractivity contribution in [2.24, 2.45) is 0 Å². The normalized spacial score (nSPS) is 16.6. The van der Waals surface area contributed by atoms with Crippen molar-refractivity contribution in [2.75, 3.05) is 5.32 Å². The maximum absolute atomic E-state index is 14.0. The Morgan fingerprint density at radius 2 is 1.79 bits per heavy atom. The van der Waals surface area contributed by atoms with Crippen LogP contribution in [0.5, 0.6) is 0 Å². The van der Waals surface area contributed by atoms with Crippen LogP contribution >= 0.6 is 11.6 Å². The molecule has 5 rings (SSSR count). The van der Waals surface area contributed by atoms with Crippen LogP contribution in [0, 0.1) is 6.92 Å². The van der Waals surface area contributed by atoms with Crippen LogP contribution in [0.2, 0.25) is 5.02 Å². The molecule has 0 aliphatic carbocycles. The molecule has 0 saturated heterocycles. The zero-order chi connectivity index (χ0) is 27.1. The molecular weight excluding hydrogens is 494 g/mol. The Morgan fingerprint density at radius 3 is 2.45 bits per heavy atom. The van der Waals surface area contributed by atoms with E-state index >= 15 is 0 Å². The zero-order valence-electron chi connectivity index (χ0n) is 22.8. The van der Waals surface area contributed by atoms with E-state index in [0.717, 1.165) is 42.2 Å². The molecule has 0 fully saturated rings. The van der Waals surface area contributed by atoms with E-state index in [1.165, 1.54) is 5.56 Å². The molecule has 1 atom stereocenters. The van der Waals surface area contributed by atoms with Crippen LogP contribution < -0.4 is 5.32 Å². The van der Waals surface area contributed by atoms with Crippen molar-refractivity contribution in [3.8, 4) is 5.69 Å². The van der Waals surface area contributed by atoms with Crippen molar-refractivity contribution in [3.05, 3.63) is 94.4 Å². The topological polar surface area (TPSA) is 64.7 Å². The highest BCUT2D eigenvalue weighted by Crippen LogP contribution is 2.42. The zero-order valence-corrected chi connectivity index (χ0v) is 23.6. The molecule has 1 N–H and O–H groups in total. The number of anilines is 1. The van der Waals surface area contributed by atoms with Gasteiger partial charge >= 0.3 is 0 Å². The van der Waals surface area contributed by atoms with Crippen molar-refractivity contribution in [1.82, 2.24) is 19.6 Å². The molecule has 3 heterocycles. The predicted molar refractivity (Wildman–Crippen MR) is 153 cm³/mol. The SMILES string of the molecule is CCC(CC)(CC(=O)c1cnn2c1NC(c1ccccc1)CC2(C)C)c1cc(C)n(-c2ccc(Cl)cc2)n1. The van der Waals surface area contributed by atoms with E-state index in [0.29, 0.717) is 17.0 Å². The summed E-state index contributed by atoms with van der Waals surface area (Å²) in [5, 5.41) is 14.0. The molecule has 1 unspecified atom stereocenters. The smallest absolute Gasteiger partial charge is 0.169 e. The van der Waals surface area contributed by atoms with E-state index in [-0.39, 0.29) is 22.8 Å². The number of hydrogen-bond donors (Lipinski definition) is 1. The van der Waals surface area contributed by atoms with Gasteiger partial charge in [-0.2, -0.15) is 10.2 Å². The number of hydrogen-bond acceptors (Lipinski definition) is 4. The summed E-state index contributed by atoms with van der Waals surface area (Å²) in [4.78, 5) is 14.0. The first-order chi connectivity index (χ1) is 18.2. The molecule has 0 amide bonds. The molecule has 0 spiro atoms. The van der Waals surface area contributed by atoms with Gasteiger partial charge in [0.2, 0.25) is 0 Å². The number of rotatable bonds is 8. The number of carbonyl (C=O) groups is 1. The lowest BCUT2D eigenvalue weighted by Gasteiger charge is -2.38. The maximum Gasteiger partial charge on any atom is 0.169 e.